The molecule has 0 heterocycles. The quantitative estimate of drug-likeness (QED) is 0.525. The van der Waals surface area contributed by atoms with Crippen molar-refractivity contribution in [1.82, 2.24) is 0 Å². The number of thioether (sulfide) groups is 1. The molecule has 16 heavy (non-hydrogen) atoms. The molecule has 0 aliphatic rings. The molecule has 0 radical (unpaired) electrons. The molecule has 0 spiro atoms. The van der Waals surface area contributed by atoms with E-state index in [2.05, 4.69) is 37.5 Å². The molecule has 90 valence electrons. The second-order valence-corrected chi connectivity index (χ2v) is 31.7. The molecule has 1 aromatic carbocycles. The minimum atomic E-state index is -2.96. The molecule has 1 atom stereocenters. The molecule has 2 N–H and O–H groups in total. The van der Waals surface area contributed by atoms with E-state index in [1.165, 1.54) is 3.58 Å². The molecule has 0 bridgehead atoms. The van der Waals surface area contributed by atoms with Crippen LogP contribution in [0.4, 0.5) is 0 Å². The van der Waals surface area contributed by atoms with Gasteiger partial charge in [0, 0.05) is 0 Å². The van der Waals surface area contributed by atoms with Crippen molar-refractivity contribution in [2.45, 2.75) is 13.0 Å². The average molecular weight is 476 g/mol. The fourth-order valence-electron chi connectivity index (χ4n) is 1.37. The second-order valence-electron chi connectivity index (χ2n) is 3.44. The van der Waals surface area contributed by atoms with Crippen molar-refractivity contribution < 1.29 is 3.07 Å². The Balaban J connectivity index is 3.01. The van der Waals surface area contributed by atoms with Crippen LogP contribution < -0.4 is 9.31 Å². The van der Waals surface area contributed by atoms with Gasteiger partial charge >= 0.3 is 119 Å². The number of rotatable bonds is 5. The van der Waals surface area contributed by atoms with Gasteiger partial charge < -0.3 is 0 Å². The number of hydrogen-bond donors (Lipinski definition) is 1. The van der Waals surface area contributed by atoms with Crippen LogP contribution in [-0.2, 0) is 3.07 Å². The van der Waals surface area contributed by atoms with E-state index in [0.717, 1.165) is 5.56 Å². The first-order chi connectivity index (χ1) is 7.49. The molecule has 0 saturated carbocycles. The van der Waals surface area contributed by atoms with Crippen molar-refractivity contribution in [2.24, 2.45) is 5.73 Å². The topological polar surface area (TPSA) is 35.2 Å². The molecular weight excluding hydrogens is 461 g/mol. The van der Waals surface area contributed by atoms with Crippen LogP contribution in [-0.4, -0.2) is 26.5 Å². The molecule has 6 heteroatoms. The first-order valence-corrected chi connectivity index (χ1v) is 21.6. The zero-order chi connectivity index (χ0) is 12.2. The predicted octanol–water partition coefficient (Wildman–Crippen LogP) is 2.98. The van der Waals surface area contributed by atoms with Crippen molar-refractivity contribution in [3.63, 3.8) is 0 Å². The van der Waals surface area contributed by atoms with E-state index < -0.39 is 14.3 Å². The summed E-state index contributed by atoms with van der Waals surface area (Å²) in [5.74, 6) is 0.694. The van der Waals surface area contributed by atoms with Crippen molar-refractivity contribution in [3.8, 4) is 0 Å². The van der Waals surface area contributed by atoms with E-state index in [9.17, 15) is 0 Å². The Bertz CT molecular complexity index is 349. The van der Waals surface area contributed by atoms with Gasteiger partial charge in [-0.1, -0.05) is 0 Å². The summed E-state index contributed by atoms with van der Waals surface area (Å²) in [5.41, 5.74) is 7.13. The van der Waals surface area contributed by atoms with Crippen molar-refractivity contribution in [2.75, 3.05) is 12.2 Å². The molecule has 1 unspecified atom stereocenters. The number of halogens is 2. The molecular formula is C10H15Br2NOSSn. The fourth-order valence-corrected chi connectivity index (χ4v) is 15.6. The normalized spacial score (nSPS) is 13.8. The Morgan fingerprint density at radius 1 is 1.44 bits per heavy atom. The SMILES string of the molecule is CSC[O][Sn]([Br])([Br])[c]1ccccc1C(C)N. The summed E-state index contributed by atoms with van der Waals surface area (Å²) in [5, 5.41) is 0. The summed E-state index contributed by atoms with van der Waals surface area (Å²) < 4.78 is 7.13. The van der Waals surface area contributed by atoms with Crippen LogP contribution in [0.15, 0.2) is 24.3 Å². The Labute approximate surface area is 118 Å². The summed E-state index contributed by atoms with van der Waals surface area (Å²) in [6, 6.07) is 8.23. The predicted molar refractivity (Wildman–Crippen MR) is 81.8 cm³/mol. The van der Waals surface area contributed by atoms with Crippen LogP contribution in [0.5, 0.6) is 0 Å². The summed E-state index contributed by atoms with van der Waals surface area (Å²) in [6.07, 6.45) is 2.03. The third-order valence-corrected chi connectivity index (χ3v) is 16.4. The van der Waals surface area contributed by atoms with Crippen molar-refractivity contribution >= 4 is 55.1 Å². The van der Waals surface area contributed by atoms with Gasteiger partial charge in [0.05, 0.1) is 0 Å². The monoisotopic (exact) mass is 475 g/mol. The first-order valence-electron chi connectivity index (χ1n) is 4.84. The average Bonchev–Trinajstić information content (AvgIpc) is 2.26. The van der Waals surface area contributed by atoms with Gasteiger partial charge in [0.2, 0.25) is 0 Å². The Morgan fingerprint density at radius 3 is 2.62 bits per heavy atom. The van der Waals surface area contributed by atoms with E-state index in [0.29, 0.717) is 5.94 Å². The van der Waals surface area contributed by atoms with E-state index >= 15 is 0 Å². The Hall–Kier alpha value is 1.25. The molecule has 0 amide bonds. The van der Waals surface area contributed by atoms with Gasteiger partial charge in [-0.3, -0.25) is 0 Å². The zero-order valence-electron chi connectivity index (χ0n) is 9.24. The first kappa shape index (κ1) is 15.3. The van der Waals surface area contributed by atoms with E-state index in [-0.39, 0.29) is 6.04 Å². The van der Waals surface area contributed by atoms with Crippen LogP contribution in [0.3, 0.4) is 0 Å². The number of benzene rings is 1. The fraction of sp³-hybridized carbons (Fsp3) is 0.400. The number of hydrogen-bond acceptors (Lipinski definition) is 3. The van der Waals surface area contributed by atoms with E-state index in [1.54, 1.807) is 11.8 Å². The van der Waals surface area contributed by atoms with Gasteiger partial charge in [0.1, 0.15) is 0 Å². The van der Waals surface area contributed by atoms with Crippen LogP contribution in [0.25, 0.3) is 0 Å². The third kappa shape index (κ3) is 4.17. The molecule has 1 aromatic rings. The van der Waals surface area contributed by atoms with Crippen molar-refractivity contribution in [1.29, 1.82) is 0 Å². The van der Waals surface area contributed by atoms with Gasteiger partial charge in [0.15, 0.2) is 0 Å². The van der Waals surface area contributed by atoms with Crippen LogP contribution in [0.2, 0.25) is 0 Å². The zero-order valence-corrected chi connectivity index (χ0v) is 16.1. The van der Waals surface area contributed by atoms with Gasteiger partial charge in [-0.15, -0.1) is 0 Å². The molecule has 0 saturated heterocycles. The Kier molecular flexibility index (Phi) is 6.69. The molecule has 0 fully saturated rings. The third-order valence-electron chi connectivity index (χ3n) is 2.12. The van der Waals surface area contributed by atoms with E-state index in [4.69, 9.17) is 8.81 Å². The molecule has 2 nitrogen and oxygen atoms in total. The van der Waals surface area contributed by atoms with Gasteiger partial charge in [-0.2, -0.15) is 0 Å². The van der Waals surface area contributed by atoms with E-state index in [1.807, 2.05) is 25.3 Å². The second kappa shape index (κ2) is 6.99. The van der Waals surface area contributed by atoms with Crippen LogP contribution in [0.1, 0.15) is 18.5 Å². The molecule has 0 aliphatic carbocycles. The molecule has 0 aliphatic heterocycles. The van der Waals surface area contributed by atoms with Crippen LogP contribution in [0, 0.1) is 0 Å². The maximum atomic E-state index is 5.97. The summed E-state index contributed by atoms with van der Waals surface area (Å²) in [7, 11) is 0. The maximum absolute atomic E-state index is 5.97. The van der Waals surface area contributed by atoms with Gasteiger partial charge in [-0.05, 0) is 0 Å². The Morgan fingerprint density at radius 2 is 2.06 bits per heavy atom. The van der Waals surface area contributed by atoms with Gasteiger partial charge in [0.25, 0.3) is 0 Å². The summed E-state index contributed by atoms with van der Waals surface area (Å²) in [4.78, 5) is 0. The minimum absolute atomic E-state index is 0.0280. The van der Waals surface area contributed by atoms with Gasteiger partial charge in [-0.25, -0.2) is 0 Å². The summed E-state index contributed by atoms with van der Waals surface area (Å²) >= 11 is 6.20. The van der Waals surface area contributed by atoms with Crippen LogP contribution >= 0.6 is 37.2 Å². The van der Waals surface area contributed by atoms with Crippen molar-refractivity contribution in [3.05, 3.63) is 29.8 Å². The molecule has 0 aromatic heterocycles. The molecule has 1 rings (SSSR count). The summed E-state index contributed by atoms with van der Waals surface area (Å²) in [6.45, 7) is 2.00. The number of nitrogens with two attached hydrogens (primary N) is 1. The standard InChI is InChI=1S/C8H10N.C2H5OS.2BrH.Sn/c1-7(9)8-5-3-2-4-6-8;1-4-2-3;;;/h2-5,7H,9H2,1H3;2H2,1H3;2*1H;/q;-1;;;+3/p-2.